The van der Waals surface area contributed by atoms with E-state index in [-0.39, 0.29) is 17.3 Å². The first-order chi connectivity index (χ1) is 8.09. The van der Waals surface area contributed by atoms with Crippen molar-refractivity contribution >= 4 is 5.91 Å². The Morgan fingerprint density at radius 1 is 1.35 bits per heavy atom. The highest BCUT2D eigenvalue weighted by Crippen LogP contribution is 2.20. The molecule has 1 aliphatic heterocycles. The van der Waals surface area contributed by atoms with Crippen LogP contribution in [-0.4, -0.2) is 46.5 Å². The molecular weight excluding hydrogens is 216 g/mol. The summed E-state index contributed by atoms with van der Waals surface area (Å²) in [6.45, 7) is 4.10. The molecule has 0 atom stereocenters. The first-order valence-electron chi connectivity index (χ1n) is 5.87. The van der Waals surface area contributed by atoms with Gasteiger partial charge in [-0.3, -0.25) is 4.79 Å². The Balaban J connectivity index is 1.99. The summed E-state index contributed by atoms with van der Waals surface area (Å²) in [6, 6.07) is 1.70. The van der Waals surface area contributed by atoms with Gasteiger partial charge in [-0.1, -0.05) is 0 Å². The van der Waals surface area contributed by atoms with E-state index < -0.39 is 0 Å². The second-order valence-corrected chi connectivity index (χ2v) is 4.89. The van der Waals surface area contributed by atoms with Crippen LogP contribution in [0.15, 0.2) is 18.5 Å². The van der Waals surface area contributed by atoms with Crippen LogP contribution < -0.4 is 5.32 Å². The zero-order valence-electron chi connectivity index (χ0n) is 10.3. The summed E-state index contributed by atoms with van der Waals surface area (Å²) in [5, 5.41) is 3.04. The van der Waals surface area contributed by atoms with E-state index in [1.54, 1.807) is 18.5 Å². The van der Waals surface area contributed by atoms with Crippen molar-refractivity contribution in [3.05, 3.63) is 24.3 Å². The number of hydrogen-bond acceptors (Lipinski definition) is 4. The Morgan fingerprint density at radius 2 is 1.94 bits per heavy atom. The fraction of sp³-hybridized carbons (Fsp3) is 0.583. The van der Waals surface area contributed by atoms with E-state index in [4.69, 9.17) is 0 Å². The molecule has 0 saturated carbocycles. The molecule has 0 spiro atoms. The lowest BCUT2D eigenvalue weighted by molar-refractivity contribution is 0.0841. The van der Waals surface area contributed by atoms with Gasteiger partial charge in [0.25, 0.3) is 5.91 Å². The lowest BCUT2D eigenvalue weighted by atomic mass is 9.90. The Kier molecular flexibility index (Phi) is 3.38. The molecule has 0 bridgehead atoms. The second kappa shape index (κ2) is 4.79. The monoisotopic (exact) mass is 234 g/mol. The zero-order valence-corrected chi connectivity index (χ0v) is 10.3. The topological polar surface area (TPSA) is 58.1 Å². The van der Waals surface area contributed by atoms with Gasteiger partial charge in [0.15, 0.2) is 0 Å². The lowest BCUT2D eigenvalue weighted by Gasteiger charge is -2.38. The summed E-state index contributed by atoms with van der Waals surface area (Å²) < 4.78 is 0. The van der Waals surface area contributed by atoms with Crippen LogP contribution in [0.25, 0.3) is 0 Å². The van der Waals surface area contributed by atoms with Gasteiger partial charge >= 0.3 is 0 Å². The molecule has 2 heterocycles. The van der Waals surface area contributed by atoms with Crippen molar-refractivity contribution in [2.24, 2.45) is 0 Å². The van der Waals surface area contributed by atoms with Gasteiger partial charge in [-0.15, -0.1) is 0 Å². The van der Waals surface area contributed by atoms with Crippen LogP contribution in [-0.2, 0) is 0 Å². The number of aromatic nitrogens is 2. The molecule has 1 saturated heterocycles. The molecule has 0 aromatic carbocycles. The Bertz CT molecular complexity index is 385. The summed E-state index contributed by atoms with van der Waals surface area (Å²) in [7, 11) is 2.10. The van der Waals surface area contributed by atoms with Gasteiger partial charge < -0.3 is 10.2 Å². The quantitative estimate of drug-likeness (QED) is 0.818. The van der Waals surface area contributed by atoms with Crippen molar-refractivity contribution in [3.63, 3.8) is 0 Å². The van der Waals surface area contributed by atoms with Crippen LogP contribution in [0.3, 0.4) is 0 Å². The van der Waals surface area contributed by atoms with Crippen LogP contribution in [0.1, 0.15) is 30.4 Å². The first-order valence-corrected chi connectivity index (χ1v) is 5.87. The Morgan fingerprint density at radius 3 is 2.53 bits per heavy atom. The van der Waals surface area contributed by atoms with Crippen LogP contribution in [0.5, 0.6) is 0 Å². The summed E-state index contributed by atoms with van der Waals surface area (Å²) in [4.78, 5) is 22.1. The minimum atomic E-state index is -0.183. The number of carbonyl (C=O) groups is 1. The van der Waals surface area contributed by atoms with Gasteiger partial charge in [-0.25, -0.2) is 9.97 Å². The van der Waals surface area contributed by atoms with Gasteiger partial charge in [0.05, 0.1) is 0 Å². The molecule has 1 N–H and O–H groups in total. The number of rotatable bonds is 2. The number of nitrogens with zero attached hydrogens (tertiary/aromatic N) is 3. The number of likely N-dealkylation sites (tertiary alicyclic amines) is 1. The second-order valence-electron chi connectivity index (χ2n) is 4.89. The van der Waals surface area contributed by atoms with E-state index in [0.717, 1.165) is 25.9 Å². The standard InChI is InChI=1S/C12H18N4O/c1-12(4-8-16(2)9-5-12)15-11(17)10-13-6-3-7-14-10/h3,6-7H,4-5,8-9H2,1-2H3,(H,15,17). The smallest absolute Gasteiger partial charge is 0.289 e. The van der Waals surface area contributed by atoms with E-state index in [1.807, 2.05) is 0 Å². The summed E-state index contributed by atoms with van der Waals surface area (Å²) >= 11 is 0. The molecular formula is C12H18N4O. The maximum Gasteiger partial charge on any atom is 0.289 e. The van der Waals surface area contributed by atoms with E-state index in [1.165, 1.54) is 0 Å². The summed E-state index contributed by atoms with van der Waals surface area (Å²) in [6.07, 6.45) is 5.09. The molecule has 1 aliphatic rings. The number of amides is 1. The maximum absolute atomic E-state index is 11.9. The molecule has 0 radical (unpaired) electrons. The molecule has 5 nitrogen and oxygen atoms in total. The van der Waals surface area contributed by atoms with Crippen molar-refractivity contribution in [1.82, 2.24) is 20.2 Å². The Hall–Kier alpha value is -1.49. The highest BCUT2D eigenvalue weighted by Gasteiger charge is 2.31. The minimum Gasteiger partial charge on any atom is -0.344 e. The van der Waals surface area contributed by atoms with E-state index >= 15 is 0 Å². The molecule has 1 aromatic heterocycles. The fourth-order valence-corrected chi connectivity index (χ4v) is 1.98. The molecule has 1 amide bonds. The highest BCUT2D eigenvalue weighted by atomic mass is 16.2. The lowest BCUT2D eigenvalue weighted by Crippen LogP contribution is -2.52. The van der Waals surface area contributed by atoms with Gasteiger partial charge in [-0.2, -0.15) is 0 Å². The van der Waals surface area contributed by atoms with Crippen molar-refractivity contribution in [1.29, 1.82) is 0 Å². The minimum absolute atomic E-state index is 0.136. The molecule has 1 fully saturated rings. The van der Waals surface area contributed by atoms with Crippen molar-refractivity contribution < 1.29 is 4.79 Å². The third-order valence-corrected chi connectivity index (χ3v) is 3.27. The largest absolute Gasteiger partial charge is 0.344 e. The fourth-order valence-electron chi connectivity index (χ4n) is 1.98. The molecule has 1 aromatic rings. The predicted octanol–water partition coefficient (Wildman–Crippen LogP) is 0.691. The van der Waals surface area contributed by atoms with Gasteiger partial charge in [0, 0.05) is 31.0 Å². The third-order valence-electron chi connectivity index (χ3n) is 3.27. The van der Waals surface area contributed by atoms with Gasteiger partial charge in [0.2, 0.25) is 5.82 Å². The van der Waals surface area contributed by atoms with Crippen molar-refractivity contribution in [3.8, 4) is 0 Å². The molecule has 5 heteroatoms. The number of nitrogens with one attached hydrogen (secondary N) is 1. The number of hydrogen-bond donors (Lipinski definition) is 1. The third kappa shape index (κ3) is 3.00. The van der Waals surface area contributed by atoms with E-state index in [9.17, 15) is 4.79 Å². The molecule has 2 rings (SSSR count). The first kappa shape index (κ1) is 12.0. The zero-order chi connectivity index (χ0) is 12.3. The number of piperidine rings is 1. The van der Waals surface area contributed by atoms with Crippen LogP contribution >= 0.6 is 0 Å². The summed E-state index contributed by atoms with van der Waals surface area (Å²) in [5.41, 5.74) is -0.136. The van der Waals surface area contributed by atoms with Gasteiger partial charge in [0.1, 0.15) is 0 Å². The highest BCUT2D eigenvalue weighted by molar-refractivity contribution is 5.90. The average Bonchev–Trinajstić information content (AvgIpc) is 2.34. The van der Waals surface area contributed by atoms with Gasteiger partial charge in [-0.05, 0) is 32.9 Å². The predicted molar refractivity (Wildman–Crippen MR) is 64.6 cm³/mol. The van der Waals surface area contributed by atoms with Crippen LogP contribution in [0, 0.1) is 0 Å². The maximum atomic E-state index is 11.9. The normalized spacial score (nSPS) is 19.9. The summed E-state index contributed by atoms with van der Waals surface area (Å²) in [5.74, 6) is 0.0605. The molecule has 0 unspecified atom stereocenters. The molecule has 0 aliphatic carbocycles. The molecule has 17 heavy (non-hydrogen) atoms. The van der Waals surface area contributed by atoms with Crippen molar-refractivity contribution in [2.45, 2.75) is 25.3 Å². The van der Waals surface area contributed by atoms with E-state index in [2.05, 4.69) is 34.2 Å². The van der Waals surface area contributed by atoms with Crippen molar-refractivity contribution in [2.75, 3.05) is 20.1 Å². The average molecular weight is 234 g/mol. The van der Waals surface area contributed by atoms with Crippen LogP contribution in [0.4, 0.5) is 0 Å². The SMILES string of the molecule is CN1CCC(C)(NC(=O)c2ncccn2)CC1. The Labute approximate surface area is 101 Å². The van der Waals surface area contributed by atoms with Crippen LogP contribution in [0.2, 0.25) is 0 Å². The van der Waals surface area contributed by atoms with E-state index in [0.29, 0.717) is 0 Å². The number of carbonyl (C=O) groups excluding carboxylic acids is 1. The molecule has 92 valence electrons.